The van der Waals surface area contributed by atoms with Crippen molar-refractivity contribution in [2.45, 2.75) is 12.5 Å². The van der Waals surface area contributed by atoms with Crippen LogP contribution < -0.4 is 20.7 Å². The molecule has 104 valence electrons. The fourth-order valence-corrected chi connectivity index (χ4v) is 2.61. The molecule has 20 heavy (non-hydrogen) atoms. The van der Waals surface area contributed by atoms with E-state index in [9.17, 15) is 0 Å². The summed E-state index contributed by atoms with van der Waals surface area (Å²) in [6.45, 7) is 0.719. The maximum atomic E-state index is 5.77. The first-order chi connectivity index (χ1) is 9.85. The van der Waals surface area contributed by atoms with Gasteiger partial charge in [0.2, 0.25) is 0 Å². The number of hydrogen-bond acceptors (Lipinski definition) is 5. The molecule has 2 heterocycles. The zero-order chi connectivity index (χ0) is 13.9. The smallest absolute Gasteiger partial charge is 0.142 e. The topological polar surface area (TPSA) is 69.4 Å². The number of aromatic nitrogens is 1. The SMILES string of the molecule is COc1cnccc1C(NN)c1cccc2c1OCC2. The van der Waals surface area contributed by atoms with Crippen molar-refractivity contribution in [3.63, 3.8) is 0 Å². The van der Waals surface area contributed by atoms with Crippen LogP contribution in [0.5, 0.6) is 11.5 Å². The van der Waals surface area contributed by atoms with E-state index in [1.54, 1.807) is 19.5 Å². The van der Waals surface area contributed by atoms with E-state index >= 15 is 0 Å². The monoisotopic (exact) mass is 271 g/mol. The van der Waals surface area contributed by atoms with Gasteiger partial charge in [0, 0.05) is 23.7 Å². The molecule has 0 fully saturated rings. The number of nitrogens with two attached hydrogens (primary N) is 1. The highest BCUT2D eigenvalue weighted by Gasteiger charge is 2.24. The van der Waals surface area contributed by atoms with Gasteiger partial charge in [0.25, 0.3) is 0 Å². The largest absolute Gasteiger partial charge is 0.495 e. The Morgan fingerprint density at radius 2 is 2.25 bits per heavy atom. The summed E-state index contributed by atoms with van der Waals surface area (Å²) in [5.74, 6) is 7.40. The lowest BCUT2D eigenvalue weighted by molar-refractivity contribution is 0.349. The Bertz CT molecular complexity index is 616. The summed E-state index contributed by atoms with van der Waals surface area (Å²) >= 11 is 0. The van der Waals surface area contributed by atoms with E-state index in [0.717, 1.165) is 29.9 Å². The number of hydrazine groups is 1. The Hall–Kier alpha value is -2.11. The van der Waals surface area contributed by atoms with Crippen LogP contribution in [0.15, 0.2) is 36.7 Å². The summed E-state index contributed by atoms with van der Waals surface area (Å²) in [6, 6.07) is 7.84. The van der Waals surface area contributed by atoms with Crippen LogP contribution in [0.1, 0.15) is 22.7 Å². The van der Waals surface area contributed by atoms with E-state index in [2.05, 4.69) is 16.5 Å². The number of ether oxygens (including phenoxy) is 2. The van der Waals surface area contributed by atoms with E-state index in [-0.39, 0.29) is 6.04 Å². The minimum absolute atomic E-state index is 0.194. The molecule has 1 aliphatic rings. The Balaban J connectivity index is 2.09. The van der Waals surface area contributed by atoms with Crippen molar-refractivity contribution < 1.29 is 9.47 Å². The average Bonchev–Trinajstić information content (AvgIpc) is 2.98. The molecule has 2 aromatic rings. The fourth-order valence-electron chi connectivity index (χ4n) is 2.61. The minimum Gasteiger partial charge on any atom is -0.495 e. The Kier molecular flexibility index (Phi) is 3.54. The summed E-state index contributed by atoms with van der Waals surface area (Å²) in [4.78, 5) is 4.07. The highest BCUT2D eigenvalue weighted by atomic mass is 16.5. The first kappa shape index (κ1) is 12.9. The first-order valence-corrected chi connectivity index (χ1v) is 6.53. The third kappa shape index (κ3) is 2.11. The van der Waals surface area contributed by atoms with E-state index in [4.69, 9.17) is 15.3 Å². The van der Waals surface area contributed by atoms with E-state index < -0.39 is 0 Å². The molecule has 1 unspecified atom stereocenters. The number of pyridine rings is 1. The number of hydrogen-bond donors (Lipinski definition) is 2. The number of methoxy groups -OCH3 is 1. The molecule has 3 N–H and O–H groups in total. The van der Waals surface area contributed by atoms with Gasteiger partial charge in [-0.15, -0.1) is 0 Å². The molecular formula is C15H17N3O2. The number of nitrogens with zero attached hydrogens (tertiary/aromatic N) is 1. The summed E-state index contributed by atoms with van der Waals surface area (Å²) in [5, 5.41) is 0. The molecule has 1 aromatic heterocycles. The molecule has 3 rings (SSSR count). The normalized spacial score (nSPS) is 14.5. The van der Waals surface area contributed by atoms with Gasteiger partial charge in [-0.2, -0.15) is 0 Å². The molecule has 1 atom stereocenters. The van der Waals surface area contributed by atoms with Crippen molar-refractivity contribution in [3.05, 3.63) is 53.3 Å². The second kappa shape index (κ2) is 5.48. The van der Waals surface area contributed by atoms with Crippen LogP contribution in [0.25, 0.3) is 0 Å². The summed E-state index contributed by atoms with van der Waals surface area (Å²) < 4.78 is 11.1. The van der Waals surface area contributed by atoms with Gasteiger partial charge in [-0.3, -0.25) is 10.8 Å². The highest BCUT2D eigenvalue weighted by molar-refractivity contribution is 5.50. The van der Waals surface area contributed by atoms with Crippen molar-refractivity contribution >= 4 is 0 Å². The van der Waals surface area contributed by atoms with Crippen LogP contribution in [-0.2, 0) is 6.42 Å². The standard InChI is InChI=1S/C15H17N3O2/c1-19-13-9-17-7-5-11(13)14(18-16)12-4-2-3-10-6-8-20-15(10)12/h2-5,7,9,14,18H,6,8,16H2,1H3. The van der Waals surface area contributed by atoms with Crippen LogP contribution in [0, 0.1) is 0 Å². The van der Waals surface area contributed by atoms with Gasteiger partial charge in [-0.1, -0.05) is 18.2 Å². The van der Waals surface area contributed by atoms with Crippen LogP contribution in [0.2, 0.25) is 0 Å². The van der Waals surface area contributed by atoms with Crippen LogP contribution in [-0.4, -0.2) is 18.7 Å². The summed E-state index contributed by atoms with van der Waals surface area (Å²) in [7, 11) is 1.63. The van der Waals surface area contributed by atoms with E-state index in [1.165, 1.54) is 5.56 Å². The van der Waals surface area contributed by atoms with Gasteiger partial charge in [0.05, 0.1) is 26.0 Å². The number of benzene rings is 1. The maximum absolute atomic E-state index is 5.77. The molecule has 1 aliphatic heterocycles. The lowest BCUT2D eigenvalue weighted by Gasteiger charge is -2.21. The van der Waals surface area contributed by atoms with Crippen molar-refractivity contribution in [2.24, 2.45) is 5.84 Å². The van der Waals surface area contributed by atoms with E-state index in [1.807, 2.05) is 18.2 Å². The molecule has 0 saturated carbocycles. The molecule has 0 amide bonds. The Labute approximate surface area is 117 Å². The third-order valence-electron chi connectivity index (χ3n) is 3.57. The zero-order valence-electron chi connectivity index (χ0n) is 11.3. The van der Waals surface area contributed by atoms with E-state index in [0.29, 0.717) is 5.75 Å². The highest BCUT2D eigenvalue weighted by Crippen LogP contribution is 2.38. The maximum Gasteiger partial charge on any atom is 0.142 e. The van der Waals surface area contributed by atoms with Gasteiger partial charge in [-0.05, 0) is 11.6 Å². The molecular weight excluding hydrogens is 254 g/mol. The average molecular weight is 271 g/mol. The van der Waals surface area contributed by atoms with Crippen molar-refractivity contribution in [2.75, 3.05) is 13.7 Å². The molecule has 0 saturated heterocycles. The molecule has 5 heteroatoms. The lowest BCUT2D eigenvalue weighted by Crippen LogP contribution is -2.29. The third-order valence-corrected chi connectivity index (χ3v) is 3.57. The predicted octanol–water partition coefficient (Wildman–Crippen LogP) is 1.58. The molecule has 0 spiro atoms. The van der Waals surface area contributed by atoms with Crippen molar-refractivity contribution in [3.8, 4) is 11.5 Å². The first-order valence-electron chi connectivity index (χ1n) is 6.53. The van der Waals surface area contributed by atoms with Crippen LogP contribution in [0.3, 0.4) is 0 Å². The van der Waals surface area contributed by atoms with Gasteiger partial charge < -0.3 is 9.47 Å². The minimum atomic E-state index is -0.194. The predicted molar refractivity (Wildman–Crippen MR) is 75.6 cm³/mol. The number of para-hydroxylation sites is 1. The van der Waals surface area contributed by atoms with Gasteiger partial charge >= 0.3 is 0 Å². The van der Waals surface area contributed by atoms with Crippen molar-refractivity contribution in [1.82, 2.24) is 10.4 Å². The van der Waals surface area contributed by atoms with Gasteiger partial charge in [0.1, 0.15) is 11.5 Å². The second-order valence-corrected chi connectivity index (χ2v) is 4.65. The van der Waals surface area contributed by atoms with Crippen molar-refractivity contribution in [1.29, 1.82) is 0 Å². The lowest BCUT2D eigenvalue weighted by atomic mass is 9.96. The molecule has 0 aliphatic carbocycles. The summed E-state index contributed by atoms with van der Waals surface area (Å²) in [6.07, 6.45) is 4.35. The van der Waals surface area contributed by atoms with Crippen LogP contribution >= 0.6 is 0 Å². The second-order valence-electron chi connectivity index (χ2n) is 4.65. The summed E-state index contributed by atoms with van der Waals surface area (Å²) in [5.41, 5.74) is 6.03. The zero-order valence-corrected chi connectivity index (χ0v) is 11.3. The van der Waals surface area contributed by atoms with Crippen LogP contribution in [0.4, 0.5) is 0 Å². The number of rotatable bonds is 4. The Morgan fingerprint density at radius 1 is 1.35 bits per heavy atom. The molecule has 0 bridgehead atoms. The fraction of sp³-hybridized carbons (Fsp3) is 0.267. The Morgan fingerprint density at radius 3 is 3.05 bits per heavy atom. The quantitative estimate of drug-likeness (QED) is 0.652. The molecule has 0 radical (unpaired) electrons. The molecule has 5 nitrogen and oxygen atoms in total. The van der Waals surface area contributed by atoms with Gasteiger partial charge in [-0.25, -0.2) is 5.43 Å². The molecule has 1 aromatic carbocycles. The number of fused-ring (bicyclic) bond motifs is 1. The van der Waals surface area contributed by atoms with Gasteiger partial charge in [0.15, 0.2) is 0 Å². The number of nitrogens with one attached hydrogen (secondary N) is 1.